The monoisotopic (exact) mass is 252 g/mol. The van der Waals surface area contributed by atoms with Crippen molar-refractivity contribution in [2.24, 2.45) is 0 Å². The minimum Gasteiger partial charge on any atom is -0.497 e. The summed E-state index contributed by atoms with van der Waals surface area (Å²) in [5, 5.41) is 6.68. The van der Waals surface area contributed by atoms with Crippen molar-refractivity contribution in [3.05, 3.63) is 23.8 Å². The second-order valence-corrected chi connectivity index (χ2v) is 4.95. The van der Waals surface area contributed by atoms with Crippen LogP contribution in [0.1, 0.15) is 19.4 Å². The van der Waals surface area contributed by atoms with Gasteiger partial charge in [-0.05, 0) is 27.0 Å². The number of benzene rings is 1. The molecule has 0 aliphatic heterocycles. The van der Waals surface area contributed by atoms with E-state index in [0.717, 1.165) is 30.2 Å². The number of likely N-dealkylation sites (N-methyl/N-ethyl adjacent to an activating group) is 1. The summed E-state index contributed by atoms with van der Waals surface area (Å²) in [6.45, 7) is 6.01. The number of hydrogen-bond donors (Lipinski definition) is 2. The van der Waals surface area contributed by atoms with Crippen molar-refractivity contribution in [2.45, 2.75) is 25.9 Å². The van der Waals surface area contributed by atoms with Crippen LogP contribution in [0.5, 0.6) is 11.5 Å². The highest BCUT2D eigenvalue weighted by molar-refractivity contribution is 5.40. The van der Waals surface area contributed by atoms with Gasteiger partial charge in [-0.15, -0.1) is 0 Å². The second-order valence-electron chi connectivity index (χ2n) is 4.95. The number of nitrogens with one attached hydrogen (secondary N) is 2. The Hall–Kier alpha value is -1.26. The minimum absolute atomic E-state index is 0.0414. The molecule has 1 aromatic rings. The fourth-order valence-corrected chi connectivity index (χ4v) is 1.84. The number of hydrogen-bond acceptors (Lipinski definition) is 4. The highest BCUT2D eigenvalue weighted by Crippen LogP contribution is 2.24. The molecule has 2 N–H and O–H groups in total. The summed E-state index contributed by atoms with van der Waals surface area (Å²) in [5.74, 6) is 1.66. The van der Waals surface area contributed by atoms with Crippen molar-refractivity contribution in [2.75, 3.05) is 27.8 Å². The third-order valence-corrected chi connectivity index (χ3v) is 2.87. The molecule has 0 saturated carbocycles. The maximum Gasteiger partial charge on any atom is 0.127 e. The molecule has 4 heteroatoms. The van der Waals surface area contributed by atoms with Gasteiger partial charge in [0.25, 0.3) is 0 Å². The van der Waals surface area contributed by atoms with Gasteiger partial charge in [0.05, 0.1) is 14.2 Å². The Kier molecular flexibility index (Phi) is 5.44. The molecule has 0 heterocycles. The summed E-state index contributed by atoms with van der Waals surface area (Å²) in [6, 6.07) is 5.88. The van der Waals surface area contributed by atoms with Gasteiger partial charge in [-0.3, -0.25) is 0 Å². The van der Waals surface area contributed by atoms with E-state index in [-0.39, 0.29) is 5.54 Å². The molecule has 4 nitrogen and oxygen atoms in total. The van der Waals surface area contributed by atoms with Crippen molar-refractivity contribution >= 4 is 0 Å². The van der Waals surface area contributed by atoms with Gasteiger partial charge in [-0.2, -0.15) is 0 Å². The van der Waals surface area contributed by atoms with Gasteiger partial charge >= 0.3 is 0 Å². The zero-order valence-corrected chi connectivity index (χ0v) is 12.0. The lowest BCUT2D eigenvalue weighted by molar-refractivity contribution is 0.361. The predicted molar refractivity (Wildman–Crippen MR) is 74.4 cm³/mol. The van der Waals surface area contributed by atoms with Crippen molar-refractivity contribution in [3.8, 4) is 11.5 Å². The van der Waals surface area contributed by atoms with E-state index in [0.29, 0.717) is 0 Å². The van der Waals surface area contributed by atoms with E-state index in [1.807, 2.05) is 25.2 Å². The van der Waals surface area contributed by atoms with E-state index in [1.54, 1.807) is 14.2 Å². The van der Waals surface area contributed by atoms with E-state index in [4.69, 9.17) is 9.47 Å². The van der Waals surface area contributed by atoms with Gasteiger partial charge in [-0.25, -0.2) is 0 Å². The van der Waals surface area contributed by atoms with Crippen molar-refractivity contribution in [3.63, 3.8) is 0 Å². The van der Waals surface area contributed by atoms with E-state index in [2.05, 4.69) is 24.5 Å². The van der Waals surface area contributed by atoms with Gasteiger partial charge in [0.15, 0.2) is 0 Å². The molecule has 0 saturated heterocycles. The summed E-state index contributed by atoms with van der Waals surface area (Å²) < 4.78 is 10.6. The van der Waals surface area contributed by atoms with Crippen molar-refractivity contribution in [1.29, 1.82) is 0 Å². The molecule has 0 atom stereocenters. The first-order valence-corrected chi connectivity index (χ1v) is 6.13. The van der Waals surface area contributed by atoms with Gasteiger partial charge < -0.3 is 20.1 Å². The largest absolute Gasteiger partial charge is 0.497 e. The smallest absolute Gasteiger partial charge is 0.127 e. The fourth-order valence-electron chi connectivity index (χ4n) is 1.84. The van der Waals surface area contributed by atoms with E-state index in [9.17, 15) is 0 Å². The summed E-state index contributed by atoms with van der Waals surface area (Å²) >= 11 is 0. The zero-order valence-electron chi connectivity index (χ0n) is 12.0. The Labute approximate surface area is 110 Å². The van der Waals surface area contributed by atoms with E-state index in [1.165, 1.54) is 0 Å². The number of ether oxygens (including phenoxy) is 2. The maximum atomic E-state index is 5.38. The molecule has 0 unspecified atom stereocenters. The van der Waals surface area contributed by atoms with Crippen molar-refractivity contribution in [1.82, 2.24) is 10.6 Å². The molecule has 1 aromatic carbocycles. The first-order valence-electron chi connectivity index (χ1n) is 6.13. The van der Waals surface area contributed by atoms with E-state index < -0.39 is 0 Å². The van der Waals surface area contributed by atoms with Crippen LogP contribution in [0, 0.1) is 0 Å². The van der Waals surface area contributed by atoms with Crippen LogP contribution >= 0.6 is 0 Å². The average Bonchev–Trinajstić information content (AvgIpc) is 2.36. The fraction of sp³-hybridized carbons (Fsp3) is 0.571. The third-order valence-electron chi connectivity index (χ3n) is 2.87. The molecule has 0 aromatic heterocycles. The summed E-state index contributed by atoms with van der Waals surface area (Å²) in [6.07, 6.45) is 0. The highest BCUT2D eigenvalue weighted by Gasteiger charge is 2.16. The standard InChI is InChI=1S/C14H24N2O2/c1-14(2,10-15-3)16-9-11-6-7-12(17-4)8-13(11)18-5/h6-8,15-16H,9-10H2,1-5H3. The SMILES string of the molecule is CNCC(C)(C)NCc1ccc(OC)cc1OC. The summed E-state index contributed by atoms with van der Waals surface area (Å²) in [7, 11) is 5.29. The normalized spacial score (nSPS) is 11.4. The van der Waals surface area contributed by atoms with Crippen LogP contribution in [-0.4, -0.2) is 33.4 Å². The molecule has 18 heavy (non-hydrogen) atoms. The van der Waals surface area contributed by atoms with E-state index >= 15 is 0 Å². The molecule has 0 bridgehead atoms. The number of rotatable bonds is 7. The topological polar surface area (TPSA) is 42.5 Å². The Morgan fingerprint density at radius 2 is 1.89 bits per heavy atom. The van der Waals surface area contributed by atoms with Crippen LogP contribution in [0.25, 0.3) is 0 Å². The molecular weight excluding hydrogens is 228 g/mol. The first kappa shape index (κ1) is 14.8. The Morgan fingerprint density at radius 3 is 2.44 bits per heavy atom. The molecule has 0 aliphatic rings. The van der Waals surface area contributed by atoms with Crippen LogP contribution in [0.15, 0.2) is 18.2 Å². The Bertz CT molecular complexity index is 378. The van der Waals surface area contributed by atoms with Crippen molar-refractivity contribution < 1.29 is 9.47 Å². The molecular formula is C14H24N2O2. The molecule has 0 aliphatic carbocycles. The molecule has 0 radical (unpaired) electrons. The Balaban J connectivity index is 2.72. The predicted octanol–water partition coefficient (Wildman–Crippen LogP) is 1.79. The first-order chi connectivity index (χ1) is 8.52. The Morgan fingerprint density at radius 1 is 1.17 bits per heavy atom. The molecule has 0 amide bonds. The second kappa shape index (κ2) is 6.61. The zero-order chi connectivity index (χ0) is 13.6. The maximum absolute atomic E-state index is 5.38. The lowest BCUT2D eigenvalue weighted by Gasteiger charge is -2.26. The van der Waals surface area contributed by atoms with Gasteiger partial charge in [0.2, 0.25) is 0 Å². The van der Waals surface area contributed by atoms with Gasteiger partial charge in [-0.1, -0.05) is 6.07 Å². The highest BCUT2D eigenvalue weighted by atomic mass is 16.5. The summed E-state index contributed by atoms with van der Waals surface area (Å²) in [5.41, 5.74) is 1.17. The lowest BCUT2D eigenvalue weighted by Crippen LogP contribution is -2.46. The third kappa shape index (κ3) is 4.20. The van der Waals surface area contributed by atoms with Gasteiger partial charge in [0, 0.05) is 30.3 Å². The molecule has 0 spiro atoms. The quantitative estimate of drug-likeness (QED) is 0.776. The molecule has 1 rings (SSSR count). The van der Waals surface area contributed by atoms with Crippen LogP contribution in [-0.2, 0) is 6.54 Å². The molecule has 102 valence electrons. The molecule has 0 fully saturated rings. The minimum atomic E-state index is 0.0414. The average molecular weight is 252 g/mol. The van der Waals surface area contributed by atoms with Crippen LogP contribution < -0.4 is 20.1 Å². The summed E-state index contributed by atoms with van der Waals surface area (Å²) in [4.78, 5) is 0. The number of methoxy groups -OCH3 is 2. The van der Waals surface area contributed by atoms with Crippen LogP contribution in [0.4, 0.5) is 0 Å². The van der Waals surface area contributed by atoms with Gasteiger partial charge in [0.1, 0.15) is 11.5 Å². The van der Waals surface area contributed by atoms with Crippen LogP contribution in [0.2, 0.25) is 0 Å². The lowest BCUT2D eigenvalue weighted by atomic mass is 10.0. The van der Waals surface area contributed by atoms with Crippen LogP contribution in [0.3, 0.4) is 0 Å².